The summed E-state index contributed by atoms with van der Waals surface area (Å²) in [6, 6.07) is 16.6. The second kappa shape index (κ2) is 8.34. The molecule has 0 aliphatic carbocycles. The maximum atomic E-state index is 12.0. The van der Waals surface area contributed by atoms with Gasteiger partial charge in [0.1, 0.15) is 5.75 Å². The number of carboxylic acid groups (broad SMARTS) is 1. The molecule has 0 saturated heterocycles. The van der Waals surface area contributed by atoms with Crippen LogP contribution in [0.4, 0.5) is 0 Å². The molecule has 0 unspecified atom stereocenters. The van der Waals surface area contributed by atoms with Gasteiger partial charge < -0.3 is 15.2 Å². The average Bonchev–Trinajstić information content (AvgIpc) is 2.60. The molecule has 6 nitrogen and oxygen atoms in total. The molecule has 0 radical (unpaired) electrons. The molecule has 1 atom stereocenters. The number of nitrogens with one attached hydrogen (secondary N) is 1. The number of carbonyl (C=O) groups excluding carboxylic acids is 1. The lowest BCUT2D eigenvalue weighted by atomic mass is 10.0. The molecule has 2 aromatic carbocycles. The minimum Gasteiger partial charge on any atom is -0.484 e. The predicted octanol–water partition coefficient (Wildman–Crippen LogP) is 2.27. The first-order valence-corrected chi connectivity index (χ1v) is 7.27. The number of nitriles is 1. The molecular formula is C18H16N2O4. The highest BCUT2D eigenvalue weighted by Gasteiger charge is 2.18. The van der Waals surface area contributed by atoms with Gasteiger partial charge in [-0.15, -0.1) is 0 Å². The van der Waals surface area contributed by atoms with E-state index in [0.717, 1.165) is 0 Å². The van der Waals surface area contributed by atoms with Gasteiger partial charge in [0.2, 0.25) is 0 Å². The van der Waals surface area contributed by atoms with Crippen molar-refractivity contribution in [2.24, 2.45) is 0 Å². The van der Waals surface area contributed by atoms with E-state index in [1.807, 2.05) is 12.1 Å². The van der Waals surface area contributed by atoms with E-state index in [9.17, 15) is 9.59 Å². The number of benzene rings is 2. The Hall–Kier alpha value is -3.33. The lowest BCUT2D eigenvalue weighted by Gasteiger charge is -2.17. The SMILES string of the molecule is N#Cc1ccc(OCC(=O)N[C@H](CC(=O)O)c2ccccc2)cc1. The number of carbonyl (C=O) groups is 2. The van der Waals surface area contributed by atoms with Crippen LogP contribution in [0.2, 0.25) is 0 Å². The Kier molecular flexibility index (Phi) is 5.92. The van der Waals surface area contributed by atoms with Crippen LogP contribution in [0.15, 0.2) is 54.6 Å². The van der Waals surface area contributed by atoms with Gasteiger partial charge in [0.05, 0.1) is 24.1 Å². The first-order chi connectivity index (χ1) is 11.6. The highest BCUT2D eigenvalue weighted by molar-refractivity contribution is 5.79. The summed E-state index contributed by atoms with van der Waals surface area (Å²) in [5.41, 5.74) is 1.21. The fourth-order valence-corrected chi connectivity index (χ4v) is 2.12. The van der Waals surface area contributed by atoms with Crippen LogP contribution in [0.3, 0.4) is 0 Å². The molecule has 0 aromatic heterocycles. The standard InChI is InChI=1S/C18H16N2O4/c19-11-13-6-8-15(9-7-13)24-12-17(21)20-16(10-18(22)23)14-4-2-1-3-5-14/h1-9,16H,10,12H2,(H,20,21)(H,22,23)/t16-/m1/s1. The minimum atomic E-state index is -1.00. The van der Waals surface area contributed by atoms with E-state index in [1.54, 1.807) is 48.5 Å². The van der Waals surface area contributed by atoms with Crippen molar-refractivity contribution in [1.29, 1.82) is 5.26 Å². The fraction of sp³-hybridized carbons (Fsp3) is 0.167. The van der Waals surface area contributed by atoms with Gasteiger partial charge in [-0.05, 0) is 29.8 Å². The van der Waals surface area contributed by atoms with E-state index in [0.29, 0.717) is 16.9 Å². The summed E-state index contributed by atoms with van der Waals surface area (Å²) in [5.74, 6) is -0.967. The van der Waals surface area contributed by atoms with E-state index in [4.69, 9.17) is 15.1 Å². The van der Waals surface area contributed by atoms with Crippen molar-refractivity contribution in [3.05, 3.63) is 65.7 Å². The third kappa shape index (κ3) is 5.14. The normalized spacial score (nSPS) is 11.1. The van der Waals surface area contributed by atoms with Crippen molar-refractivity contribution in [2.75, 3.05) is 6.61 Å². The van der Waals surface area contributed by atoms with Crippen molar-refractivity contribution < 1.29 is 19.4 Å². The maximum Gasteiger partial charge on any atom is 0.305 e. The summed E-state index contributed by atoms with van der Waals surface area (Å²) < 4.78 is 5.34. The molecule has 0 aliphatic heterocycles. The minimum absolute atomic E-state index is 0.216. The number of hydrogen-bond donors (Lipinski definition) is 2. The molecule has 6 heteroatoms. The molecule has 0 spiro atoms. The van der Waals surface area contributed by atoms with Gasteiger partial charge >= 0.3 is 5.97 Å². The Labute approximate surface area is 139 Å². The molecule has 0 aliphatic rings. The molecule has 24 heavy (non-hydrogen) atoms. The average molecular weight is 324 g/mol. The number of aliphatic carboxylic acids is 1. The van der Waals surface area contributed by atoms with Crippen LogP contribution < -0.4 is 10.1 Å². The van der Waals surface area contributed by atoms with E-state index in [2.05, 4.69) is 5.32 Å². The molecular weight excluding hydrogens is 308 g/mol. The van der Waals surface area contributed by atoms with Crippen LogP contribution in [0.25, 0.3) is 0 Å². The second-order valence-corrected chi connectivity index (χ2v) is 5.05. The largest absolute Gasteiger partial charge is 0.484 e. The number of rotatable bonds is 7. The lowest BCUT2D eigenvalue weighted by molar-refractivity contribution is -0.137. The first-order valence-electron chi connectivity index (χ1n) is 7.27. The van der Waals surface area contributed by atoms with Crippen LogP contribution in [-0.4, -0.2) is 23.6 Å². The summed E-state index contributed by atoms with van der Waals surface area (Å²) in [5, 5.41) is 20.4. The highest BCUT2D eigenvalue weighted by Crippen LogP contribution is 2.17. The summed E-state index contributed by atoms with van der Waals surface area (Å²) in [4.78, 5) is 23.0. The Bertz CT molecular complexity index is 736. The Morgan fingerprint density at radius 2 is 1.79 bits per heavy atom. The van der Waals surface area contributed by atoms with Crippen LogP contribution in [0.1, 0.15) is 23.6 Å². The van der Waals surface area contributed by atoms with Crippen molar-refractivity contribution in [3.63, 3.8) is 0 Å². The van der Waals surface area contributed by atoms with E-state index in [-0.39, 0.29) is 13.0 Å². The van der Waals surface area contributed by atoms with Gasteiger partial charge in [0.15, 0.2) is 6.61 Å². The summed E-state index contributed by atoms with van der Waals surface area (Å²) in [7, 11) is 0. The number of nitrogens with zero attached hydrogens (tertiary/aromatic N) is 1. The number of ether oxygens (including phenoxy) is 1. The highest BCUT2D eigenvalue weighted by atomic mass is 16.5. The smallest absolute Gasteiger partial charge is 0.305 e. The van der Waals surface area contributed by atoms with Crippen molar-refractivity contribution in [3.8, 4) is 11.8 Å². The van der Waals surface area contributed by atoms with Gasteiger partial charge in [-0.1, -0.05) is 30.3 Å². The van der Waals surface area contributed by atoms with Crippen molar-refractivity contribution in [2.45, 2.75) is 12.5 Å². The molecule has 2 N–H and O–H groups in total. The van der Waals surface area contributed by atoms with E-state index in [1.165, 1.54) is 0 Å². The molecule has 1 amide bonds. The summed E-state index contributed by atoms with van der Waals surface area (Å²) in [6.07, 6.45) is -0.216. The Morgan fingerprint density at radius 3 is 2.38 bits per heavy atom. The summed E-state index contributed by atoms with van der Waals surface area (Å²) in [6.45, 7) is -0.241. The molecule has 0 bridgehead atoms. The van der Waals surface area contributed by atoms with Crippen LogP contribution in [0, 0.1) is 11.3 Å². The van der Waals surface area contributed by atoms with Crippen LogP contribution >= 0.6 is 0 Å². The fourth-order valence-electron chi connectivity index (χ4n) is 2.12. The number of hydrogen-bond acceptors (Lipinski definition) is 4. The third-order valence-corrected chi connectivity index (χ3v) is 3.27. The van der Waals surface area contributed by atoms with Crippen LogP contribution in [0.5, 0.6) is 5.75 Å². The predicted molar refractivity (Wildman–Crippen MR) is 86.2 cm³/mol. The first kappa shape index (κ1) is 17.0. The monoisotopic (exact) mass is 324 g/mol. The molecule has 2 aromatic rings. The summed E-state index contributed by atoms with van der Waals surface area (Å²) >= 11 is 0. The molecule has 0 heterocycles. The molecule has 0 saturated carbocycles. The zero-order valence-electron chi connectivity index (χ0n) is 12.8. The Morgan fingerprint density at radius 1 is 1.12 bits per heavy atom. The van der Waals surface area contributed by atoms with E-state index < -0.39 is 17.9 Å². The van der Waals surface area contributed by atoms with Gasteiger partial charge in [-0.25, -0.2) is 0 Å². The zero-order chi connectivity index (χ0) is 17.4. The Balaban J connectivity index is 1.94. The van der Waals surface area contributed by atoms with Crippen LogP contribution in [-0.2, 0) is 9.59 Å². The van der Waals surface area contributed by atoms with Crippen molar-refractivity contribution in [1.82, 2.24) is 5.32 Å². The maximum absolute atomic E-state index is 12.0. The third-order valence-electron chi connectivity index (χ3n) is 3.27. The zero-order valence-corrected chi connectivity index (χ0v) is 12.8. The molecule has 2 rings (SSSR count). The van der Waals surface area contributed by atoms with Gasteiger partial charge in [0.25, 0.3) is 5.91 Å². The second-order valence-electron chi connectivity index (χ2n) is 5.05. The lowest BCUT2D eigenvalue weighted by Crippen LogP contribution is -2.33. The molecule has 0 fully saturated rings. The topological polar surface area (TPSA) is 99.4 Å². The van der Waals surface area contributed by atoms with E-state index >= 15 is 0 Å². The van der Waals surface area contributed by atoms with Gasteiger partial charge in [0, 0.05) is 0 Å². The van der Waals surface area contributed by atoms with Gasteiger partial charge in [-0.2, -0.15) is 5.26 Å². The number of amides is 1. The quantitative estimate of drug-likeness (QED) is 0.814. The van der Waals surface area contributed by atoms with Gasteiger partial charge in [-0.3, -0.25) is 9.59 Å². The van der Waals surface area contributed by atoms with Crippen molar-refractivity contribution >= 4 is 11.9 Å². The number of carboxylic acids is 1. The molecule has 122 valence electrons.